The topological polar surface area (TPSA) is 55.1 Å². The lowest BCUT2D eigenvalue weighted by Gasteiger charge is -2.16. The third kappa shape index (κ3) is 4.29. The molecule has 2 aromatic carbocycles. The van der Waals surface area contributed by atoms with Crippen molar-refractivity contribution >= 4 is 23.5 Å². The molecule has 1 amide bonds. The minimum Gasteiger partial charge on any atom is -0.360 e. The zero-order valence-corrected chi connectivity index (χ0v) is 14.7. The molecule has 1 aromatic heterocycles. The van der Waals surface area contributed by atoms with Crippen molar-refractivity contribution in [1.29, 1.82) is 0 Å². The Morgan fingerprint density at radius 1 is 1.19 bits per heavy atom. The van der Waals surface area contributed by atoms with E-state index in [2.05, 4.69) is 10.5 Å². The van der Waals surface area contributed by atoms with Crippen LogP contribution in [-0.2, 0) is 10.5 Å². The van der Waals surface area contributed by atoms with Crippen LogP contribution in [0.1, 0.15) is 22.1 Å². The van der Waals surface area contributed by atoms with Gasteiger partial charge in [0.25, 0.3) is 0 Å². The van der Waals surface area contributed by atoms with E-state index in [4.69, 9.17) is 4.52 Å². The second kappa shape index (κ2) is 8.14. The second-order valence-corrected chi connectivity index (χ2v) is 6.72. The molecule has 0 aliphatic rings. The van der Waals surface area contributed by atoms with E-state index in [1.165, 1.54) is 23.9 Å². The molecular formula is C19H16F2N2O2S. The molecule has 1 N–H and O–H groups in total. The van der Waals surface area contributed by atoms with E-state index < -0.39 is 16.9 Å². The molecule has 26 heavy (non-hydrogen) atoms. The number of aryl methyl sites for hydroxylation is 1. The van der Waals surface area contributed by atoms with Crippen LogP contribution in [0.3, 0.4) is 0 Å². The van der Waals surface area contributed by atoms with Gasteiger partial charge in [-0.05, 0) is 18.6 Å². The van der Waals surface area contributed by atoms with Crippen LogP contribution in [0.5, 0.6) is 0 Å². The summed E-state index contributed by atoms with van der Waals surface area (Å²) < 4.78 is 32.2. The number of hydrogen-bond donors (Lipinski definition) is 1. The van der Waals surface area contributed by atoms with Crippen molar-refractivity contribution in [1.82, 2.24) is 5.16 Å². The molecule has 7 heteroatoms. The molecule has 0 aliphatic heterocycles. The molecule has 0 radical (unpaired) electrons. The molecule has 0 saturated carbocycles. The second-order valence-electron chi connectivity index (χ2n) is 5.63. The van der Waals surface area contributed by atoms with Gasteiger partial charge in [-0.3, -0.25) is 4.79 Å². The summed E-state index contributed by atoms with van der Waals surface area (Å²) in [6.07, 6.45) is 0. The summed E-state index contributed by atoms with van der Waals surface area (Å²) >= 11 is 1.21. The van der Waals surface area contributed by atoms with E-state index in [1.54, 1.807) is 13.0 Å². The predicted molar refractivity (Wildman–Crippen MR) is 96.7 cm³/mol. The maximum absolute atomic E-state index is 13.9. The number of amides is 1. The van der Waals surface area contributed by atoms with Gasteiger partial charge in [-0.2, -0.15) is 0 Å². The highest BCUT2D eigenvalue weighted by atomic mass is 32.2. The van der Waals surface area contributed by atoms with Gasteiger partial charge in [0.15, 0.2) is 17.5 Å². The summed E-state index contributed by atoms with van der Waals surface area (Å²) in [6, 6.07) is 14.7. The number of benzene rings is 2. The summed E-state index contributed by atoms with van der Waals surface area (Å²) in [4.78, 5) is 12.7. The lowest BCUT2D eigenvalue weighted by molar-refractivity contribution is -0.115. The van der Waals surface area contributed by atoms with Crippen molar-refractivity contribution in [3.05, 3.63) is 83.1 Å². The van der Waals surface area contributed by atoms with Crippen molar-refractivity contribution in [2.75, 3.05) is 5.32 Å². The average molecular weight is 374 g/mol. The van der Waals surface area contributed by atoms with Crippen LogP contribution in [0.15, 0.2) is 59.1 Å². The number of halogens is 2. The number of rotatable bonds is 6. The van der Waals surface area contributed by atoms with E-state index >= 15 is 0 Å². The Bertz CT molecular complexity index is 900. The third-order valence-corrected chi connectivity index (χ3v) is 4.95. The van der Waals surface area contributed by atoms with Crippen molar-refractivity contribution in [3.63, 3.8) is 0 Å². The maximum Gasteiger partial charge on any atom is 0.243 e. The minimum absolute atomic E-state index is 0.147. The fourth-order valence-corrected chi connectivity index (χ4v) is 3.53. The Balaban J connectivity index is 1.79. The number of carbonyl (C=O) groups excluding carboxylic acids is 1. The van der Waals surface area contributed by atoms with E-state index in [0.717, 1.165) is 11.6 Å². The van der Waals surface area contributed by atoms with Gasteiger partial charge in [-0.25, -0.2) is 8.78 Å². The molecular weight excluding hydrogens is 358 g/mol. The normalized spacial score (nSPS) is 12.0. The number of nitrogens with one attached hydrogen (secondary N) is 1. The Morgan fingerprint density at radius 3 is 2.65 bits per heavy atom. The largest absolute Gasteiger partial charge is 0.360 e. The van der Waals surface area contributed by atoms with Crippen molar-refractivity contribution in [2.24, 2.45) is 0 Å². The molecule has 3 aromatic rings. The Morgan fingerprint density at radius 2 is 1.96 bits per heavy atom. The van der Waals surface area contributed by atoms with Gasteiger partial charge < -0.3 is 9.84 Å². The van der Waals surface area contributed by atoms with Gasteiger partial charge >= 0.3 is 0 Å². The zero-order valence-electron chi connectivity index (χ0n) is 13.9. The molecule has 1 atom stereocenters. The molecule has 0 fully saturated rings. The molecule has 0 spiro atoms. The van der Waals surface area contributed by atoms with E-state index in [9.17, 15) is 13.6 Å². The SMILES string of the molecule is Cc1cc(NC(=O)C(SCc2cccc(F)c2F)c2ccccc2)no1. The van der Waals surface area contributed by atoms with Crippen LogP contribution in [0.2, 0.25) is 0 Å². The van der Waals surface area contributed by atoms with E-state index in [1.807, 2.05) is 30.3 Å². The quantitative estimate of drug-likeness (QED) is 0.668. The number of hydrogen-bond acceptors (Lipinski definition) is 4. The molecule has 4 nitrogen and oxygen atoms in total. The standard InChI is InChI=1S/C19H16F2N2O2S/c1-12-10-16(23-25-12)22-19(24)18(13-6-3-2-4-7-13)26-11-14-8-5-9-15(20)17(14)21/h2-10,18H,11H2,1H3,(H,22,23,24). The number of thioether (sulfide) groups is 1. The third-order valence-electron chi connectivity index (χ3n) is 3.66. The number of carbonyl (C=O) groups is 1. The first kappa shape index (κ1) is 18.1. The Labute approximate surface area is 153 Å². The monoisotopic (exact) mass is 374 g/mol. The van der Waals surface area contributed by atoms with Gasteiger partial charge in [0, 0.05) is 17.4 Å². The number of anilines is 1. The van der Waals surface area contributed by atoms with E-state index in [-0.39, 0.29) is 17.2 Å². The van der Waals surface area contributed by atoms with Crippen LogP contribution >= 0.6 is 11.8 Å². The minimum atomic E-state index is -0.901. The summed E-state index contributed by atoms with van der Waals surface area (Å²) in [7, 11) is 0. The van der Waals surface area contributed by atoms with Crippen molar-refractivity contribution in [2.45, 2.75) is 17.9 Å². The first-order chi connectivity index (χ1) is 12.5. The Hall–Kier alpha value is -2.67. The molecule has 3 rings (SSSR count). The summed E-state index contributed by atoms with van der Waals surface area (Å²) in [5, 5.41) is 5.83. The number of aromatic nitrogens is 1. The molecule has 0 bridgehead atoms. The molecule has 0 aliphatic carbocycles. The predicted octanol–water partition coefficient (Wildman–Crippen LogP) is 4.87. The van der Waals surface area contributed by atoms with Gasteiger partial charge in [-0.15, -0.1) is 11.8 Å². The van der Waals surface area contributed by atoms with Gasteiger partial charge in [0.05, 0.1) is 0 Å². The van der Waals surface area contributed by atoms with Gasteiger partial charge in [0.1, 0.15) is 11.0 Å². The van der Waals surface area contributed by atoms with Crippen LogP contribution in [0, 0.1) is 18.6 Å². The number of nitrogens with zero attached hydrogens (tertiary/aromatic N) is 1. The smallest absolute Gasteiger partial charge is 0.243 e. The highest BCUT2D eigenvalue weighted by molar-refractivity contribution is 7.99. The summed E-state index contributed by atoms with van der Waals surface area (Å²) in [5.74, 6) is -1.07. The Kier molecular flexibility index (Phi) is 5.68. The first-order valence-corrected chi connectivity index (χ1v) is 8.93. The molecule has 1 heterocycles. The molecule has 1 unspecified atom stereocenters. The van der Waals surface area contributed by atoms with Gasteiger partial charge in [0.2, 0.25) is 5.91 Å². The fraction of sp³-hybridized carbons (Fsp3) is 0.158. The lowest BCUT2D eigenvalue weighted by atomic mass is 10.1. The van der Waals surface area contributed by atoms with Crippen LogP contribution in [0.4, 0.5) is 14.6 Å². The zero-order chi connectivity index (χ0) is 18.5. The first-order valence-electron chi connectivity index (χ1n) is 7.88. The highest BCUT2D eigenvalue weighted by Gasteiger charge is 2.23. The van der Waals surface area contributed by atoms with Crippen LogP contribution in [0.25, 0.3) is 0 Å². The highest BCUT2D eigenvalue weighted by Crippen LogP contribution is 2.33. The van der Waals surface area contributed by atoms with Crippen molar-refractivity contribution in [3.8, 4) is 0 Å². The van der Waals surface area contributed by atoms with Crippen LogP contribution < -0.4 is 5.32 Å². The fourth-order valence-electron chi connectivity index (χ4n) is 2.40. The lowest BCUT2D eigenvalue weighted by Crippen LogP contribution is -2.19. The summed E-state index contributed by atoms with van der Waals surface area (Å²) in [6.45, 7) is 1.72. The average Bonchev–Trinajstić information content (AvgIpc) is 3.04. The van der Waals surface area contributed by atoms with Crippen molar-refractivity contribution < 1.29 is 18.1 Å². The maximum atomic E-state index is 13.9. The van der Waals surface area contributed by atoms with Gasteiger partial charge in [-0.1, -0.05) is 47.6 Å². The molecule has 134 valence electrons. The van der Waals surface area contributed by atoms with Crippen LogP contribution in [-0.4, -0.2) is 11.1 Å². The summed E-state index contributed by atoms with van der Waals surface area (Å²) in [5.41, 5.74) is 0.966. The van der Waals surface area contributed by atoms with E-state index in [0.29, 0.717) is 11.6 Å². The molecule has 0 saturated heterocycles.